The highest BCUT2D eigenvalue weighted by Gasteiger charge is 2.19. The summed E-state index contributed by atoms with van der Waals surface area (Å²) in [6.07, 6.45) is 1.46. The first-order valence-corrected chi connectivity index (χ1v) is 7.63. The number of rotatable bonds is 5. The molecule has 1 atom stereocenters. The third kappa shape index (κ3) is 3.61. The van der Waals surface area contributed by atoms with E-state index in [2.05, 4.69) is 21.2 Å². The Kier molecular flexibility index (Phi) is 5.07. The quantitative estimate of drug-likeness (QED) is 0.829. The molecule has 19 heavy (non-hydrogen) atoms. The predicted molar refractivity (Wildman–Crippen MR) is 78.5 cm³/mol. The molecule has 0 amide bonds. The van der Waals surface area contributed by atoms with Crippen LogP contribution in [0.1, 0.15) is 22.9 Å². The van der Waals surface area contributed by atoms with E-state index in [1.165, 1.54) is 17.0 Å². The van der Waals surface area contributed by atoms with Gasteiger partial charge in [0.25, 0.3) is 0 Å². The molecule has 0 aliphatic rings. The zero-order valence-electron chi connectivity index (χ0n) is 10.4. The first kappa shape index (κ1) is 14.6. The van der Waals surface area contributed by atoms with Crippen molar-refractivity contribution in [2.45, 2.75) is 18.9 Å². The van der Waals surface area contributed by atoms with Crippen LogP contribution in [0.25, 0.3) is 0 Å². The minimum Gasteiger partial charge on any atom is -0.313 e. The van der Waals surface area contributed by atoms with Crippen molar-refractivity contribution in [3.05, 3.63) is 56.2 Å². The van der Waals surface area contributed by atoms with Crippen LogP contribution < -0.4 is 5.32 Å². The molecule has 1 N–H and O–H groups in total. The summed E-state index contributed by atoms with van der Waals surface area (Å²) in [6.45, 7) is 0. The van der Waals surface area contributed by atoms with E-state index in [0.29, 0.717) is 10.9 Å². The molecule has 0 aliphatic heterocycles. The van der Waals surface area contributed by atoms with Gasteiger partial charge >= 0.3 is 0 Å². The Morgan fingerprint density at radius 2 is 2.00 bits per heavy atom. The van der Waals surface area contributed by atoms with E-state index in [4.69, 9.17) is 0 Å². The largest absolute Gasteiger partial charge is 0.313 e. The lowest BCUT2D eigenvalue weighted by Crippen LogP contribution is -2.20. The fourth-order valence-electron chi connectivity index (χ4n) is 2.06. The number of nitrogens with one attached hydrogen (secondary N) is 1. The van der Waals surface area contributed by atoms with Crippen molar-refractivity contribution in [3.63, 3.8) is 0 Å². The molecule has 0 spiro atoms. The van der Waals surface area contributed by atoms with E-state index in [0.717, 1.165) is 6.42 Å². The third-order valence-corrected chi connectivity index (χ3v) is 4.39. The number of benzene rings is 1. The summed E-state index contributed by atoms with van der Waals surface area (Å²) in [7, 11) is 1.72. The van der Waals surface area contributed by atoms with Gasteiger partial charge in [-0.1, -0.05) is 22.0 Å². The lowest BCUT2D eigenvalue weighted by Gasteiger charge is -2.18. The molecule has 102 valence electrons. The Labute approximate surface area is 123 Å². The first-order valence-electron chi connectivity index (χ1n) is 5.96. The molecule has 1 nitrogen and oxygen atoms in total. The maximum Gasteiger partial charge on any atom is 0.132 e. The van der Waals surface area contributed by atoms with Gasteiger partial charge in [-0.15, -0.1) is 11.3 Å². The van der Waals surface area contributed by atoms with E-state index in [1.807, 2.05) is 17.5 Å². The summed E-state index contributed by atoms with van der Waals surface area (Å²) in [4.78, 5) is 1.22. The second-order valence-electron chi connectivity index (χ2n) is 4.24. The second-order valence-corrected chi connectivity index (χ2v) is 6.19. The normalized spacial score (nSPS) is 12.6. The lowest BCUT2D eigenvalue weighted by molar-refractivity contribution is 0.471. The van der Waals surface area contributed by atoms with Crippen LogP contribution in [-0.4, -0.2) is 7.05 Å². The summed E-state index contributed by atoms with van der Waals surface area (Å²) in [5.41, 5.74) is 0.113. The smallest absolute Gasteiger partial charge is 0.132 e. The standard InChI is InChI=1S/C14H14BrF2NS/c1-18-13(5-4-10-3-2-6-19-10)14-11(16)7-9(15)8-12(14)17/h2-3,6-8,13,18H,4-5H2,1H3. The van der Waals surface area contributed by atoms with E-state index >= 15 is 0 Å². The number of halogens is 3. The molecule has 1 aromatic heterocycles. The molecule has 2 rings (SSSR count). The highest BCUT2D eigenvalue weighted by atomic mass is 79.9. The van der Waals surface area contributed by atoms with E-state index in [9.17, 15) is 8.78 Å². The molecule has 0 radical (unpaired) electrons. The molecule has 0 saturated carbocycles. The van der Waals surface area contributed by atoms with Gasteiger partial charge in [0.15, 0.2) is 0 Å². The van der Waals surface area contributed by atoms with Crippen LogP contribution in [0.4, 0.5) is 8.78 Å². The first-order chi connectivity index (χ1) is 9.11. The Bertz CT molecular complexity index is 519. The van der Waals surface area contributed by atoms with Crippen LogP contribution in [0, 0.1) is 11.6 Å². The average Bonchev–Trinajstić information content (AvgIpc) is 2.85. The predicted octanol–water partition coefficient (Wildman–Crippen LogP) is 4.68. The van der Waals surface area contributed by atoms with Gasteiger partial charge in [0.2, 0.25) is 0 Å². The molecule has 1 heterocycles. The molecule has 5 heteroatoms. The molecule has 0 bridgehead atoms. The van der Waals surface area contributed by atoms with Crippen LogP contribution in [-0.2, 0) is 6.42 Å². The Balaban J connectivity index is 2.17. The highest BCUT2D eigenvalue weighted by molar-refractivity contribution is 9.10. The number of thiophene rings is 1. The van der Waals surface area contributed by atoms with Gasteiger partial charge in [-0.3, -0.25) is 0 Å². The monoisotopic (exact) mass is 345 g/mol. The third-order valence-electron chi connectivity index (χ3n) is 3.00. The van der Waals surface area contributed by atoms with Crippen LogP contribution in [0.2, 0.25) is 0 Å². The van der Waals surface area contributed by atoms with Crippen molar-refractivity contribution in [2.75, 3.05) is 7.05 Å². The summed E-state index contributed by atoms with van der Waals surface area (Å²) >= 11 is 4.75. The number of hydrogen-bond acceptors (Lipinski definition) is 2. The summed E-state index contributed by atoms with van der Waals surface area (Å²) in [5, 5.41) is 5.00. The Morgan fingerprint density at radius 3 is 2.53 bits per heavy atom. The highest BCUT2D eigenvalue weighted by Crippen LogP contribution is 2.28. The summed E-state index contributed by atoms with van der Waals surface area (Å²) < 4.78 is 28.2. The lowest BCUT2D eigenvalue weighted by atomic mass is 10.0. The van der Waals surface area contributed by atoms with E-state index in [1.54, 1.807) is 18.4 Å². The van der Waals surface area contributed by atoms with Gasteiger partial charge in [-0.05, 0) is 43.5 Å². The minimum atomic E-state index is -0.516. The average molecular weight is 346 g/mol. The van der Waals surface area contributed by atoms with E-state index < -0.39 is 11.6 Å². The van der Waals surface area contributed by atoms with Crippen LogP contribution >= 0.6 is 27.3 Å². The maximum atomic E-state index is 13.9. The molecule has 0 saturated heterocycles. The van der Waals surface area contributed by atoms with Gasteiger partial charge in [0.05, 0.1) is 0 Å². The molecule has 1 unspecified atom stereocenters. The fraction of sp³-hybridized carbons (Fsp3) is 0.286. The van der Waals surface area contributed by atoms with Gasteiger partial charge in [-0.2, -0.15) is 0 Å². The van der Waals surface area contributed by atoms with Gasteiger partial charge in [0.1, 0.15) is 11.6 Å². The van der Waals surface area contributed by atoms with E-state index in [-0.39, 0.29) is 11.6 Å². The van der Waals surface area contributed by atoms with Crippen molar-refractivity contribution in [3.8, 4) is 0 Å². The van der Waals surface area contributed by atoms with Crippen molar-refractivity contribution >= 4 is 27.3 Å². The van der Waals surface area contributed by atoms with Crippen LogP contribution in [0.15, 0.2) is 34.1 Å². The number of aryl methyl sites for hydroxylation is 1. The zero-order chi connectivity index (χ0) is 13.8. The van der Waals surface area contributed by atoms with Crippen molar-refractivity contribution in [2.24, 2.45) is 0 Å². The molecular weight excluding hydrogens is 332 g/mol. The second kappa shape index (κ2) is 6.59. The van der Waals surface area contributed by atoms with Gasteiger partial charge in [-0.25, -0.2) is 8.78 Å². The molecule has 1 aromatic carbocycles. The molecule has 0 aliphatic carbocycles. The maximum absolute atomic E-state index is 13.9. The van der Waals surface area contributed by atoms with Gasteiger partial charge < -0.3 is 5.32 Å². The van der Waals surface area contributed by atoms with Crippen molar-refractivity contribution in [1.29, 1.82) is 0 Å². The minimum absolute atomic E-state index is 0.113. The van der Waals surface area contributed by atoms with Crippen LogP contribution in [0.3, 0.4) is 0 Å². The molecular formula is C14H14BrF2NS. The Hall–Kier alpha value is -0.780. The zero-order valence-corrected chi connectivity index (χ0v) is 12.8. The molecule has 0 fully saturated rings. The Morgan fingerprint density at radius 1 is 1.32 bits per heavy atom. The summed E-state index contributed by atoms with van der Waals surface area (Å²) in [5.74, 6) is -1.03. The van der Waals surface area contributed by atoms with Gasteiger partial charge in [0, 0.05) is 21.0 Å². The summed E-state index contributed by atoms with van der Waals surface area (Å²) in [6, 6.07) is 6.29. The topological polar surface area (TPSA) is 12.0 Å². The fourth-order valence-corrected chi connectivity index (χ4v) is 3.19. The van der Waals surface area contributed by atoms with Crippen LogP contribution in [0.5, 0.6) is 0 Å². The molecule has 2 aromatic rings. The SMILES string of the molecule is CNC(CCc1cccs1)c1c(F)cc(Br)cc1F. The number of hydrogen-bond donors (Lipinski definition) is 1. The van der Waals surface area contributed by atoms with Crippen molar-refractivity contribution in [1.82, 2.24) is 5.32 Å². The van der Waals surface area contributed by atoms with Crippen molar-refractivity contribution < 1.29 is 8.78 Å².